The Balaban J connectivity index is 2.05. The molecule has 1 saturated heterocycles. The van der Waals surface area contributed by atoms with Gasteiger partial charge < -0.3 is 19.9 Å². The van der Waals surface area contributed by atoms with Crippen LogP contribution in [-0.4, -0.2) is 68.6 Å². The minimum atomic E-state index is -0.681. The summed E-state index contributed by atoms with van der Waals surface area (Å²) in [7, 11) is 5.71. The Bertz CT molecular complexity index is 533. The summed E-state index contributed by atoms with van der Waals surface area (Å²) in [6.45, 7) is 1.44. The summed E-state index contributed by atoms with van der Waals surface area (Å²) in [4.78, 5) is 28.1. The van der Waals surface area contributed by atoms with Crippen LogP contribution in [0.2, 0.25) is 0 Å². The predicted octanol–water partition coefficient (Wildman–Crippen LogP) is 0.653. The number of rotatable bonds is 6. The van der Waals surface area contributed by atoms with Gasteiger partial charge in [0, 0.05) is 13.6 Å². The van der Waals surface area contributed by atoms with Crippen molar-refractivity contribution in [2.45, 2.75) is 18.6 Å². The third kappa shape index (κ3) is 4.53. The van der Waals surface area contributed by atoms with Gasteiger partial charge in [0.25, 0.3) is 5.91 Å². The van der Waals surface area contributed by atoms with Crippen molar-refractivity contribution in [3.63, 3.8) is 0 Å². The third-order valence-electron chi connectivity index (χ3n) is 3.96. The Morgan fingerprint density at radius 1 is 1.35 bits per heavy atom. The number of carbonyl (C=O) groups is 2. The first kappa shape index (κ1) is 17.4. The molecule has 0 aromatic heterocycles. The van der Waals surface area contributed by atoms with Crippen molar-refractivity contribution in [1.82, 2.24) is 15.1 Å². The fourth-order valence-electron chi connectivity index (χ4n) is 2.69. The monoisotopic (exact) mass is 319 g/mol. The summed E-state index contributed by atoms with van der Waals surface area (Å²) in [6, 6.07) is 9.13. The van der Waals surface area contributed by atoms with Crippen molar-refractivity contribution in [3.05, 3.63) is 35.9 Å². The minimum Gasteiger partial charge on any atom is -0.356 e. The standard InChI is InChI=1S/C17H25N3O3/c1-19(2)11-7-10-18-17(22)16-15(13-8-5-4-6-9-13)20(3)14(21)12-23-16/h4-6,8-9,15-16H,7,10-12H2,1-3H3,(H,18,22). The van der Waals surface area contributed by atoms with Gasteiger partial charge in [-0.25, -0.2) is 0 Å². The van der Waals surface area contributed by atoms with E-state index >= 15 is 0 Å². The summed E-state index contributed by atoms with van der Waals surface area (Å²) in [5.74, 6) is -0.285. The molecule has 0 saturated carbocycles. The van der Waals surface area contributed by atoms with E-state index in [-0.39, 0.29) is 18.4 Å². The third-order valence-corrected chi connectivity index (χ3v) is 3.96. The Morgan fingerprint density at radius 2 is 2.04 bits per heavy atom. The first-order valence-corrected chi connectivity index (χ1v) is 7.85. The highest BCUT2D eigenvalue weighted by Gasteiger charge is 2.39. The smallest absolute Gasteiger partial charge is 0.251 e. The molecule has 1 aromatic rings. The molecule has 1 aromatic carbocycles. The number of hydrogen-bond acceptors (Lipinski definition) is 4. The van der Waals surface area contributed by atoms with E-state index in [4.69, 9.17) is 4.74 Å². The first-order valence-electron chi connectivity index (χ1n) is 7.85. The van der Waals surface area contributed by atoms with E-state index in [0.29, 0.717) is 6.54 Å². The zero-order chi connectivity index (χ0) is 16.8. The molecule has 0 aliphatic carbocycles. The lowest BCUT2D eigenvalue weighted by atomic mass is 9.97. The number of likely N-dealkylation sites (N-methyl/N-ethyl adjacent to an activating group) is 1. The molecule has 1 aliphatic rings. The van der Waals surface area contributed by atoms with Crippen molar-refractivity contribution < 1.29 is 14.3 Å². The van der Waals surface area contributed by atoms with E-state index in [2.05, 4.69) is 10.2 Å². The first-order chi connectivity index (χ1) is 11.0. The average Bonchev–Trinajstić information content (AvgIpc) is 2.54. The van der Waals surface area contributed by atoms with Gasteiger partial charge >= 0.3 is 0 Å². The fraction of sp³-hybridized carbons (Fsp3) is 0.529. The number of carbonyl (C=O) groups excluding carboxylic acids is 2. The van der Waals surface area contributed by atoms with Gasteiger partial charge in [-0.1, -0.05) is 30.3 Å². The van der Waals surface area contributed by atoms with E-state index in [1.54, 1.807) is 11.9 Å². The van der Waals surface area contributed by atoms with E-state index in [9.17, 15) is 9.59 Å². The van der Waals surface area contributed by atoms with Crippen LogP contribution in [0.1, 0.15) is 18.0 Å². The van der Waals surface area contributed by atoms with Gasteiger partial charge in [-0.15, -0.1) is 0 Å². The maximum absolute atomic E-state index is 12.5. The van der Waals surface area contributed by atoms with Crippen LogP contribution in [0.5, 0.6) is 0 Å². The lowest BCUT2D eigenvalue weighted by molar-refractivity contribution is -0.162. The molecule has 2 amide bonds. The van der Waals surface area contributed by atoms with Gasteiger partial charge in [-0.05, 0) is 32.6 Å². The molecule has 1 aliphatic heterocycles. The van der Waals surface area contributed by atoms with Gasteiger partial charge in [-0.2, -0.15) is 0 Å². The van der Waals surface area contributed by atoms with E-state index < -0.39 is 12.1 Å². The molecule has 23 heavy (non-hydrogen) atoms. The lowest BCUT2D eigenvalue weighted by Crippen LogP contribution is -2.53. The number of ether oxygens (including phenoxy) is 1. The largest absolute Gasteiger partial charge is 0.356 e. The van der Waals surface area contributed by atoms with E-state index in [1.165, 1.54) is 0 Å². The second-order valence-electron chi connectivity index (χ2n) is 6.04. The normalized spacial score (nSPS) is 21.6. The molecule has 126 valence electrons. The van der Waals surface area contributed by atoms with Crippen molar-refractivity contribution in [3.8, 4) is 0 Å². The number of morpholine rings is 1. The van der Waals surface area contributed by atoms with Crippen molar-refractivity contribution in [2.24, 2.45) is 0 Å². The Labute approximate surface area is 137 Å². The lowest BCUT2D eigenvalue weighted by Gasteiger charge is -2.38. The molecule has 1 heterocycles. The second-order valence-corrected chi connectivity index (χ2v) is 6.04. The number of hydrogen-bond donors (Lipinski definition) is 1. The summed E-state index contributed by atoms with van der Waals surface area (Å²) >= 11 is 0. The summed E-state index contributed by atoms with van der Waals surface area (Å²) in [5, 5.41) is 2.91. The molecule has 2 rings (SSSR count). The van der Waals surface area contributed by atoms with Crippen molar-refractivity contribution in [1.29, 1.82) is 0 Å². The zero-order valence-electron chi connectivity index (χ0n) is 14.0. The quantitative estimate of drug-likeness (QED) is 0.782. The van der Waals surface area contributed by atoms with Crippen molar-refractivity contribution in [2.75, 3.05) is 40.8 Å². The number of benzene rings is 1. The van der Waals surface area contributed by atoms with Crippen LogP contribution in [0, 0.1) is 0 Å². The van der Waals surface area contributed by atoms with Crippen LogP contribution in [0.15, 0.2) is 30.3 Å². The topological polar surface area (TPSA) is 61.9 Å². The highest BCUT2D eigenvalue weighted by molar-refractivity contribution is 5.86. The Hall–Kier alpha value is -1.92. The van der Waals surface area contributed by atoms with E-state index in [0.717, 1.165) is 18.5 Å². The Kier molecular flexibility index (Phi) is 6.12. The Morgan fingerprint density at radius 3 is 2.70 bits per heavy atom. The minimum absolute atomic E-state index is 0.0599. The number of nitrogens with zero attached hydrogens (tertiary/aromatic N) is 2. The van der Waals surface area contributed by atoms with Crippen molar-refractivity contribution >= 4 is 11.8 Å². The number of nitrogens with one attached hydrogen (secondary N) is 1. The van der Waals surface area contributed by atoms with Gasteiger partial charge in [0.2, 0.25) is 5.91 Å². The molecule has 6 heteroatoms. The molecule has 2 atom stereocenters. The summed E-state index contributed by atoms with van der Waals surface area (Å²) in [6.07, 6.45) is 0.190. The summed E-state index contributed by atoms with van der Waals surface area (Å²) < 4.78 is 5.55. The maximum Gasteiger partial charge on any atom is 0.251 e. The molecule has 2 unspecified atom stereocenters. The van der Waals surface area contributed by atoms with Gasteiger partial charge in [0.05, 0.1) is 6.04 Å². The van der Waals surface area contributed by atoms with Gasteiger partial charge in [-0.3, -0.25) is 9.59 Å². The molecular weight excluding hydrogens is 294 g/mol. The van der Waals surface area contributed by atoms with Gasteiger partial charge in [0.15, 0.2) is 6.10 Å². The average molecular weight is 319 g/mol. The maximum atomic E-state index is 12.5. The van der Waals surface area contributed by atoms with Crippen LogP contribution in [0.4, 0.5) is 0 Å². The number of amides is 2. The molecule has 0 bridgehead atoms. The molecule has 0 spiro atoms. The van der Waals surface area contributed by atoms with Crippen LogP contribution in [0.25, 0.3) is 0 Å². The molecule has 1 N–H and O–H groups in total. The van der Waals surface area contributed by atoms with Crippen LogP contribution < -0.4 is 5.32 Å². The van der Waals surface area contributed by atoms with Crippen LogP contribution in [-0.2, 0) is 14.3 Å². The zero-order valence-corrected chi connectivity index (χ0v) is 14.0. The van der Waals surface area contributed by atoms with Crippen LogP contribution in [0.3, 0.4) is 0 Å². The predicted molar refractivity (Wildman–Crippen MR) is 87.9 cm³/mol. The molecule has 1 fully saturated rings. The second kappa shape index (κ2) is 8.08. The highest BCUT2D eigenvalue weighted by Crippen LogP contribution is 2.28. The summed E-state index contributed by atoms with van der Waals surface area (Å²) in [5.41, 5.74) is 0.900. The SMILES string of the molecule is CN(C)CCCNC(=O)C1OCC(=O)N(C)C1c1ccccc1. The van der Waals surface area contributed by atoms with Crippen LogP contribution >= 0.6 is 0 Å². The highest BCUT2D eigenvalue weighted by atomic mass is 16.5. The molecule has 6 nitrogen and oxygen atoms in total. The molecule has 0 radical (unpaired) electrons. The van der Waals surface area contributed by atoms with E-state index in [1.807, 2.05) is 44.4 Å². The molecular formula is C17H25N3O3. The van der Waals surface area contributed by atoms with Gasteiger partial charge in [0.1, 0.15) is 6.61 Å². The fourth-order valence-corrected chi connectivity index (χ4v) is 2.69.